The van der Waals surface area contributed by atoms with Crippen LogP contribution in [0.5, 0.6) is 11.5 Å². The second-order valence-corrected chi connectivity index (χ2v) is 10.6. The first-order valence-electron chi connectivity index (χ1n) is 13.7. The van der Waals surface area contributed by atoms with E-state index in [2.05, 4.69) is 35.3 Å². The SMILES string of the molecule is COc1ccc([C@@H]2[NH2+][C@@H](C(=O)[O-])Cc3c2[nH]c2ccccc32)cc1COc1ccccc1C1CCCCC1. The van der Waals surface area contributed by atoms with E-state index in [0.29, 0.717) is 18.9 Å². The number of ether oxygens (including phenoxy) is 2. The number of H-pyrrole nitrogens is 1. The second kappa shape index (κ2) is 10.5. The molecule has 0 saturated heterocycles. The summed E-state index contributed by atoms with van der Waals surface area (Å²) in [5.74, 6) is 1.20. The number of hydrogen-bond donors (Lipinski definition) is 2. The van der Waals surface area contributed by atoms with Gasteiger partial charge in [-0.15, -0.1) is 0 Å². The number of carbonyl (C=O) groups is 1. The summed E-state index contributed by atoms with van der Waals surface area (Å²) in [6.45, 7) is 0.372. The van der Waals surface area contributed by atoms with Crippen molar-refractivity contribution < 1.29 is 24.7 Å². The molecule has 3 aromatic carbocycles. The van der Waals surface area contributed by atoms with Gasteiger partial charge in [0.1, 0.15) is 24.1 Å². The van der Waals surface area contributed by atoms with E-state index in [1.807, 2.05) is 41.7 Å². The van der Waals surface area contributed by atoms with Gasteiger partial charge in [-0.05, 0) is 60.2 Å². The molecular formula is C32H34N2O4. The van der Waals surface area contributed by atoms with Gasteiger partial charge >= 0.3 is 0 Å². The summed E-state index contributed by atoms with van der Waals surface area (Å²) in [5.41, 5.74) is 6.35. The number of carboxylic acid groups (broad SMARTS) is 1. The molecule has 2 heterocycles. The van der Waals surface area contributed by atoms with Gasteiger partial charge in [-0.25, -0.2) is 0 Å². The highest BCUT2D eigenvalue weighted by molar-refractivity contribution is 5.86. The minimum absolute atomic E-state index is 0.201. The lowest BCUT2D eigenvalue weighted by Gasteiger charge is -2.29. The molecule has 6 heteroatoms. The molecule has 0 unspecified atom stereocenters. The summed E-state index contributed by atoms with van der Waals surface area (Å²) in [6, 6.07) is 21.7. The Labute approximate surface area is 223 Å². The molecule has 4 aromatic rings. The average Bonchev–Trinajstić information content (AvgIpc) is 3.35. The number of aromatic amines is 1. The van der Waals surface area contributed by atoms with Crippen LogP contribution in [0.15, 0.2) is 66.7 Å². The van der Waals surface area contributed by atoms with Crippen molar-refractivity contribution >= 4 is 16.9 Å². The summed E-state index contributed by atoms with van der Waals surface area (Å²) in [7, 11) is 1.67. The summed E-state index contributed by atoms with van der Waals surface area (Å²) in [6.07, 6.45) is 6.72. The Kier molecular flexibility index (Phi) is 6.81. The van der Waals surface area contributed by atoms with E-state index in [1.165, 1.54) is 37.7 Å². The quantitative estimate of drug-likeness (QED) is 0.391. The minimum Gasteiger partial charge on any atom is -0.544 e. The maximum absolute atomic E-state index is 12.0. The fraction of sp³-hybridized carbons (Fsp3) is 0.344. The summed E-state index contributed by atoms with van der Waals surface area (Å²) >= 11 is 0. The summed E-state index contributed by atoms with van der Waals surface area (Å²) < 4.78 is 12.1. The molecule has 0 spiro atoms. The van der Waals surface area contributed by atoms with Crippen molar-refractivity contribution in [1.82, 2.24) is 4.98 Å². The highest BCUT2D eigenvalue weighted by Crippen LogP contribution is 2.38. The molecule has 1 aliphatic heterocycles. The van der Waals surface area contributed by atoms with E-state index < -0.39 is 12.0 Å². The van der Waals surface area contributed by atoms with Crippen molar-refractivity contribution in [3.05, 3.63) is 94.7 Å². The van der Waals surface area contributed by atoms with Crippen molar-refractivity contribution in [3.8, 4) is 11.5 Å². The summed E-state index contributed by atoms with van der Waals surface area (Å²) in [4.78, 5) is 15.6. The van der Waals surface area contributed by atoms with E-state index in [-0.39, 0.29) is 6.04 Å². The van der Waals surface area contributed by atoms with Crippen molar-refractivity contribution in [3.63, 3.8) is 0 Å². The van der Waals surface area contributed by atoms with Gasteiger partial charge in [0, 0.05) is 28.5 Å². The van der Waals surface area contributed by atoms with Gasteiger partial charge in [-0.1, -0.05) is 55.7 Å². The fourth-order valence-electron chi connectivity index (χ4n) is 6.39. The van der Waals surface area contributed by atoms with Crippen LogP contribution in [0.2, 0.25) is 0 Å². The molecule has 6 nitrogen and oxygen atoms in total. The van der Waals surface area contributed by atoms with Crippen LogP contribution in [0.25, 0.3) is 10.9 Å². The molecule has 2 atom stereocenters. The largest absolute Gasteiger partial charge is 0.544 e. The van der Waals surface area contributed by atoms with Crippen LogP contribution in [0.4, 0.5) is 0 Å². The number of hydrogen-bond acceptors (Lipinski definition) is 4. The molecular weight excluding hydrogens is 476 g/mol. The highest BCUT2D eigenvalue weighted by Gasteiger charge is 2.35. The maximum atomic E-state index is 12.0. The number of rotatable bonds is 7. The van der Waals surface area contributed by atoms with Gasteiger partial charge < -0.3 is 29.7 Å². The van der Waals surface area contributed by atoms with E-state index in [0.717, 1.165) is 44.8 Å². The van der Waals surface area contributed by atoms with Crippen LogP contribution < -0.4 is 19.9 Å². The van der Waals surface area contributed by atoms with Gasteiger partial charge in [0.15, 0.2) is 6.04 Å². The average molecular weight is 511 g/mol. The zero-order valence-electron chi connectivity index (χ0n) is 21.7. The van der Waals surface area contributed by atoms with E-state index >= 15 is 0 Å². The number of fused-ring (bicyclic) bond motifs is 3. The number of methoxy groups -OCH3 is 1. The Morgan fingerprint density at radius 2 is 1.79 bits per heavy atom. The number of benzene rings is 3. The zero-order chi connectivity index (χ0) is 26.1. The predicted molar refractivity (Wildman–Crippen MR) is 144 cm³/mol. The highest BCUT2D eigenvalue weighted by atomic mass is 16.5. The number of nitrogens with two attached hydrogens (primary N) is 1. The van der Waals surface area contributed by atoms with Crippen molar-refractivity contribution in [2.45, 2.75) is 63.1 Å². The van der Waals surface area contributed by atoms with Crippen molar-refractivity contribution in [2.24, 2.45) is 0 Å². The topological polar surface area (TPSA) is 91.0 Å². The molecule has 2 aliphatic rings. The second-order valence-electron chi connectivity index (χ2n) is 10.6. The molecule has 1 saturated carbocycles. The Balaban J connectivity index is 1.32. The first-order valence-corrected chi connectivity index (χ1v) is 13.7. The Hall–Kier alpha value is -3.77. The van der Waals surface area contributed by atoms with Crippen LogP contribution in [0.3, 0.4) is 0 Å². The van der Waals surface area contributed by atoms with Crippen LogP contribution in [-0.2, 0) is 17.8 Å². The molecule has 0 radical (unpaired) electrons. The Morgan fingerprint density at radius 1 is 1.00 bits per heavy atom. The van der Waals surface area contributed by atoms with Crippen LogP contribution in [0, 0.1) is 0 Å². The number of para-hydroxylation sites is 2. The monoisotopic (exact) mass is 510 g/mol. The van der Waals surface area contributed by atoms with Crippen LogP contribution in [0.1, 0.15) is 72.0 Å². The number of carboxylic acids is 1. The zero-order valence-corrected chi connectivity index (χ0v) is 21.7. The van der Waals surface area contributed by atoms with Crippen LogP contribution >= 0.6 is 0 Å². The molecule has 0 amide bonds. The third kappa shape index (κ3) is 4.65. The predicted octanol–water partition coefficient (Wildman–Crippen LogP) is 4.13. The van der Waals surface area contributed by atoms with Crippen LogP contribution in [-0.4, -0.2) is 24.1 Å². The lowest BCUT2D eigenvalue weighted by Crippen LogP contribution is -2.95. The van der Waals surface area contributed by atoms with Gasteiger partial charge in [-0.2, -0.15) is 0 Å². The lowest BCUT2D eigenvalue weighted by atomic mass is 9.84. The maximum Gasteiger partial charge on any atom is 0.153 e. The summed E-state index contributed by atoms with van der Waals surface area (Å²) in [5, 5.41) is 15.0. The van der Waals surface area contributed by atoms with Gasteiger partial charge in [-0.3, -0.25) is 0 Å². The van der Waals surface area contributed by atoms with E-state index in [9.17, 15) is 9.90 Å². The number of aromatic nitrogens is 1. The number of nitrogens with one attached hydrogen (secondary N) is 1. The van der Waals surface area contributed by atoms with E-state index in [1.54, 1.807) is 7.11 Å². The number of quaternary nitrogens is 1. The first kappa shape index (κ1) is 24.6. The molecule has 1 aliphatic carbocycles. The molecule has 38 heavy (non-hydrogen) atoms. The lowest BCUT2D eigenvalue weighted by molar-refractivity contribution is -0.717. The molecule has 6 rings (SSSR count). The van der Waals surface area contributed by atoms with E-state index in [4.69, 9.17) is 9.47 Å². The Bertz CT molecular complexity index is 1450. The minimum atomic E-state index is -1.04. The van der Waals surface area contributed by atoms with Gasteiger partial charge in [0.05, 0.1) is 18.8 Å². The first-order chi connectivity index (χ1) is 18.6. The molecule has 1 fully saturated rings. The molecule has 0 bridgehead atoms. The fourth-order valence-corrected chi connectivity index (χ4v) is 6.39. The van der Waals surface area contributed by atoms with Gasteiger partial charge in [0.25, 0.3) is 0 Å². The molecule has 196 valence electrons. The molecule has 1 aromatic heterocycles. The standard InChI is InChI=1S/C32H34N2O4/c1-37-28-16-15-21(17-22(28)19-38-29-14-8-6-11-23(29)20-9-3-2-4-10-20)30-31-25(18-27(34-30)32(35)36)24-12-5-7-13-26(24)33-31/h5-8,11-17,20,27,30,33-34H,2-4,9-10,18-19H2,1H3,(H,35,36)/t27-,30+/m1/s1. The third-order valence-electron chi connectivity index (χ3n) is 8.32. The normalized spacial score (nSPS) is 19.7. The van der Waals surface area contributed by atoms with Crippen molar-refractivity contribution in [2.75, 3.05) is 7.11 Å². The third-order valence-corrected chi connectivity index (χ3v) is 8.32. The Morgan fingerprint density at radius 3 is 2.61 bits per heavy atom. The van der Waals surface area contributed by atoms with Gasteiger partial charge in [0.2, 0.25) is 0 Å². The number of aliphatic carboxylic acids is 1. The smallest absolute Gasteiger partial charge is 0.153 e. The number of carbonyl (C=O) groups excluding carboxylic acids is 1. The van der Waals surface area contributed by atoms with Crippen molar-refractivity contribution in [1.29, 1.82) is 0 Å². The molecule has 3 N–H and O–H groups in total.